The van der Waals surface area contributed by atoms with E-state index < -0.39 is 5.91 Å². The number of primary amides is 1. The molecule has 16 heavy (non-hydrogen) atoms. The molecule has 1 aromatic rings. The summed E-state index contributed by atoms with van der Waals surface area (Å²) in [6.45, 7) is 0.831. The summed E-state index contributed by atoms with van der Waals surface area (Å²) in [5.74, 6) is -0.925. The first kappa shape index (κ1) is 12.4. The van der Waals surface area contributed by atoms with Gasteiger partial charge >= 0.3 is 0 Å². The second kappa shape index (κ2) is 6.02. The summed E-state index contributed by atoms with van der Waals surface area (Å²) in [7, 11) is 1.85. The molecule has 1 aromatic carbocycles. The standard InChI is InChI=1S/C12H15FN2O/c1-15-7-3-2-4-9-8-10(13)5-6-11(9)12(14)16/h2,4-6,8,15H,3,7H2,1H3,(H2,14,16). The highest BCUT2D eigenvalue weighted by Gasteiger charge is 2.06. The van der Waals surface area contributed by atoms with Gasteiger partial charge in [0.05, 0.1) is 0 Å². The van der Waals surface area contributed by atoms with Crippen LogP contribution in [0.15, 0.2) is 24.3 Å². The largest absolute Gasteiger partial charge is 0.366 e. The van der Waals surface area contributed by atoms with Crippen LogP contribution in [0.1, 0.15) is 22.3 Å². The van der Waals surface area contributed by atoms with Crippen molar-refractivity contribution in [1.29, 1.82) is 0 Å². The van der Waals surface area contributed by atoms with Crippen molar-refractivity contribution in [3.05, 3.63) is 41.2 Å². The Bertz CT molecular complexity index is 402. The first-order chi connectivity index (χ1) is 7.65. The van der Waals surface area contributed by atoms with Gasteiger partial charge in [-0.2, -0.15) is 0 Å². The third kappa shape index (κ3) is 3.47. The third-order valence-corrected chi connectivity index (χ3v) is 2.14. The van der Waals surface area contributed by atoms with Gasteiger partial charge in [0.1, 0.15) is 5.82 Å². The molecular weight excluding hydrogens is 207 g/mol. The second-order valence-electron chi connectivity index (χ2n) is 3.39. The topological polar surface area (TPSA) is 55.1 Å². The van der Waals surface area contributed by atoms with E-state index in [1.165, 1.54) is 18.2 Å². The molecular formula is C12H15FN2O. The average molecular weight is 222 g/mol. The van der Waals surface area contributed by atoms with Crippen molar-refractivity contribution in [2.45, 2.75) is 6.42 Å². The van der Waals surface area contributed by atoms with Gasteiger partial charge in [0, 0.05) is 5.56 Å². The summed E-state index contributed by atoms with van der Waals surface area (Å²) in [6.07, 6.45) is 4.39. The molecule has 1 rings (SSSR count). The fourth-order valence-electron chi connectivity index (χ4n) is 1.33. The number of benzene rings is 1. The van der Waals surface area contributed by atoms with Crippen molar-refractivity contribution >= 4 is 12.0 Å². The highest BCUT2D eigenvalue weighted by Crippen LogP contribution is 2.13. The molecule has 3 N–H and O–H groups in total. The van der Waals surface area contributed by atoms with Crippen LogP contribution in [0.4, 0.5) is 4.39 Å². The van der Waals surface area contributed by atoms with Gasteiger partial charge in [-0.1, -0.05) is 12.2 Å². The van der Waals surface area contributed by atoms with E-state index >= 15 is 0 Å². The zero-order valence-corrected chi connectivity index (χ0v) is 9.16. The Morgan fingerprint density at radius 3 is 2.94 bits per heavy atom. The van der Waals surface area contributed by atoms with Crippen molar-refractivity contribution in [3.8, 4) is 0 Å². The smallest absolute Gasteiger partial charge is 0.249 e. The fourth-order valence-corrected chi connectivity index (χ4v) is 1.33. The van der Waals surface area contributed by atoms with Crippen LogP contribution in [0.25, 0.3) is 6.08 Å². The number of hydrogen-bond acceptors (Lipinski definition) is 2. The minimum atomic E-state index is -0.548. The molecule has 0 fully saturated rings. The number of amides is 1. The molecule has 0 aliphatic rings. The maximum Gasteiger partial charge on any atom is 0.249 e. The number of halogens is 1. The molecule has 3 nitrogen and oxygen atoms in total. The van der Waals surface area contributed by atoms with Crippen molar-refractivity contribution in [1.82, 2.24) is 5.32 Å². The number of nitrogens with one attached hydrogen (secondary N) is 1. The van der Waals surface area contributed by atoms with Crippen molar-refractivity contribution < 1.29 is 9.18 Å². The minimum absolute atomic E-state index is 0.335. The van der Waals surface area contributed by atoms with Crippen molar-refractivity contribution in [2.24, 2.45) is 5.73 Å². The Kier molecular flexibility index (Phi) is 4.66. The number of hydrogen-bond donors (Lipinski definition) is 2. The van der Waals surface area contributed by atoms with Crippen LogP contribution >= 0.6 is 0 Å². The monoisotopic (exact) mass is 222 g/mol. The summed E-state index contributed by atoms with van der Waals surface area (Å²) in [4.78, 5) is 11.1. The minimum Gasteiger partial charge on any atom is -0.366 e. The molecule has 0 aliphatic heterocycles. The van der Waals surface area contributed by atoms with Crippen LogP contribution in [0.3, 0.4) is 0 Å². The highest BCUT2D eigenvalue weighted by atomic mass is 19.1. The predicted molar refractivity (Wildman–Crippen MR) is 62.5 cm³/mol. The van der Waals surface area contributed by atoms with Crippen molar-refractivity contribution in [2.75, 3.05) is 13.6 Å². The first-order valence-electron chi connectivity index (χ1n) is 5.05. The van der Waals surface area contributed by atoms with Crippen LogP contribution in [0, 0.1) is 5.82 Å². The van der Waals surface area contributed by atoms with E-state index in [-0.39, 0.29) is 5.82 Å². The van der Waals surface area contributed by atoms with Crippen LogP contribution in [0.5, 0.6) is 0 Å². The van der Waals surface area contributed by atoms with E-state index in [0.717, 1.165) is 13.0 Å². The second-order valence-corrected chi connectivity index (χ2v) is 3.39. The average Bonchev–Trinajstić information content (AvgIpc) is 2.24. The Labute approximate surface area is 94.1 Å². The van der Waals surface area contributed by atoms with E-state index in [0.29, 0.717) is 11.1 Å². The predicted octanol–water partition coefficient (Wildman–Crippen LogP) is 1.55. The number of rotatable bonds is 5. The molecule has 0 spiro atoms. The van der Waals surface area contributed by atoms with E-state index in [9.17, 15) is 9.18 Å². The molecule has 86 valence electrons. The van der Waals surface area contributed by atoms with E-state index in [4.69, 9.17) is 5.73 Å². The molecule has 0 atom stereocenters. The van der Waals surface area contributed by atoms with Gasteiger partial charge in [0.2, 0.25) is 5.91 Å². The third-order valence-electron chi connectivity index (χ3n) is 2.14. The Morgan fingerprint density at radius 2 is 2.31 bits per heavy atom. The zero-order chi connectivity index (χ0) is 12.0. The van der Waals surface area contributed by atoms with Crippen LogP contribution in [-0.2, 0) is 0 Å². The van der Waals surface area contributed by atoms with Gasteiger partial charge in [-0.25, -0.2) is 4.39 Å². The molecule has 1 amide bonds. The quantitative estimate of drug-likeness (QED) is 0.743. The summed E-state index contributed by atoms with van der Waals surface area (Å²) in [5.41, 5.74) is 6.04. The molecule has 0 radical (unpaired) electrons. The van der Waals surface area contributed by atoms with Gasteiger partial charge in [-0.05, 0) is 43.8 Å². The molecule has 0 aliphatic carbocycles. The van der Waals surface area contributed by atoms with E-state index in [1.54, 1.807) is 6.08 Å². The molecule has 0 saturated heterocycles. The first-order valence-corrected chi connectivity index (χ1v) is 5.05. The van der Waals surface area contributed by atoms with Crippen molar-refractivity contribution in [3.63, 3.8) is 0 Å². The lowest BCUT2D eigenvalue weighted by Crippen LogP contribution is -2.12. The Balaban J connectivity index is 2.88. The normalized spacial score (nSPS) is 10.9. The zero-order valence-electron chi connectivity index (χ0n) is 9.16. The summed E-state index contributed by atoms with van der Waals surface area (Å²) >= 11 is 0. The lowest BCUT2D eigenvalue weighted by Gasteiger charge is -2.02. The number of nitrogens with two attached hydrogens (primary N) is 1. The summed E-state index contributed by atoms with van der Waals surface area (Å²) in [5, 5.41) is 2.99. The molecule has 0 aromatic heterocycles. The Hall–Kier alpha value is -1.68. The van der Waals surface area contributed by atoms with Gasteiger partial charge in [-0.15, -0.1) is 0 Å². The van der Waals surface area contributed by atoms with Crippen LogP contribution < -0.4 is 11.1 Å². The van der Waals surface area contributed by atoms with E-state index in [2.05, 4.69) is 5.32 Å². The number of carbonyl (C=O) groups is 1. The maximum absolute atomic E-state index is 13.0. The highest BCUT2D eigenvalue weighted by molar-refractivity contribution is 5.96. The molecule has 0 saturated carbocycles. The summed E-state index contributed by atoms with van der Waals surface area (Å²) < 4.78 is 13.0. The van der Waals surface area contributed by atoms with Crippen LogP contribution in [0.2, 0.25) is 0 Å². The van der Waals surface area contributed by atoms with E-state index in [1.807, 2.05) is 13.1 Å². The SMILES string of the molecule is CNCCC=Cc1cc(F)ccc1C(N)=O. The Morgan fingerprint density at radius 1 is 1.56 bits per heavy atom. The van der Waals surface area contributed by atoms with Crippen LogP contribution in [-0.4, -0.2) is 19.5 Å². The number of carbonyl (C=O) groups excluding carboxylic acids is 1. The lowest BCUT2D eigenvalue weighted by molar-refractivity contribution is 0.1000. The fraction of sp³-hybridized carbons (Fsp3) is 0.250. The molecule has 4 heteroatoms. The molecule has 0 bridgehead atoms. The summed E-state index contributed by atoms with van der Waals surface area (Å²) in [6, 6.07) is 3.93. The maximum atomic E-state index is 13.0. The molecule has 0 heterocycles. The molecule has 0 unspecified atom stereocenters. The van der Waals surface area contributed by atoms with Gasteiger partial charge in [-0.3, -0.25) is 4.79 Å². The van der Waals surface area contributed by atoms with Gasteiger partial charge < -0.3 is 11.1 Å². The lowest BCUT2D eigenvalue weighted by atomic mass is 10.1. The van der Waals surface area contributed by atoms with Gasteiger partial charge in [0.15, 0.2) is 0 Å². The van der Waals surface area contributed by atoms with Gasteiger partial charge in [0.25, 0.3) is 0 Å².